The Morgan fingerprint density at radius 2 is 1.93 bits per heavy atom. The van der Waals surface area contributed by atoms with Crippen molar-refractivity contribution >= 4 is 27.8 Å². The third-order valence-corrected chi connectivity index (χ3v) is 5.31. The highest BCUT2D eigenvalue weighted by Crippen LogP contribution is 2.24. The predicted octanol–water partition coefficient (Wildman–Crippen LogP) is 4.66. The highest BCUT2D eigenvalue weighted by molar-refractivity contribution is 6.05. The summed E-state index contributed by atoms with van der Waals surface area (Å²) in [5.41, 5.74) is 4.41. The molecule has 6 heteroatoms. The van der Waals surface area contributed by atoms with Gasteiger partial charge in [-0.2, -0.15) is 5.10 Å². The van der Waals surface area contributed by atoms with E-state index in [0.717, 1.165) is 39.6 Å². The van der Waals surface area contributed by atoms with Crippen LogP contribution >= 0.6 is 0 Å². The first-order valence-corrected chi connectivity index (χ1v) is 10.4. The van der Waals surface area contributed by atoms with Gasteiger partial charge in [0.1, 0.15) is 0 Å². The maximum Gasteiger partial charge on any atom is 0.252 e. The van der Waals surface area contributed by atoms with Crippen molar-refractivity contribution < 1.29 is 4.79 Å². The van der Waals surface area contributed by atoms with E-state index in [1.54, 1.807) is 12.4 Å². The molecule has 1 aromatic carbocycles. The zero-order chi connectivity index (χ0) is 21.3. The maximum atomic E-state index is 13.1. The van der Waals surface area contributed by atoms with Crippen molar-refractivity contribution in [3.05, 3.63) is 65.6 Å². The van der Waals surface area contributed by atoms with Gasteiger partial charge in [0, 0.05) is 29.9 Å². The predicted molar refractivity (Wildman–Crippen MR) is 120 cm³/mol. The smallest absolute Gasteiger partial charge is 0.252 e. The molecule has 0 spiro atoms. The molecule has 0 bridgehead atoms. The molecule has 3 heterocycles. The summed E-state index contributed by atoms with van der Waals surface area (Å²) in [4.78, 5) is 22.3. The Balaban J connectivity index is 1.58. The molecule has 0 saturated heterocycles. The molecule has 0 aliphatic heterocycles. The van der Waals surface area contributed by atoms with Crippen LogP contribution in [0.1, 0.15) is 61.3 Å². The van der Waals surface area contributed by atoms with Gasteiger partial charge in [0.15, 0.2) is 5.65 Å². The average Bonchev–Trinajstić information content (AvgIpc) is 3.17. The normalized spacial score (nSPS) is 11.7. The third kappa shape index (κ3) is 3.77. The van der Waals surface area contributed by atoms with Gasteiger partial charge in [0.05, 0.1) is 22.7 Å². The number of nitrogens with zero attached hydrogens (tertiary/aromatic N) is 4. The summed E-state index contributed by atoms with van der Waals surface area (Å²) in [6, 6.07) is 12.2. The van der Waals surface area contributed by atoms with Crippen molar-refractivity contribution in [3.8, 4) is 0 Å². The molecule has 0 aliphatic carbocycles. The molecule has 30 heavy (non-hydrogen) atoms. The number of para-hydroxylation sites is 1. The lowest BCUT2D eigenvalue weighted by Gasteiger charge is -2.12. The number of rotatable bonds is 6. The van der Waals surface area contributed by atoms with E-state index in [1.807, 2.05) is 22.9 Å². The number of aromatic nitrogens is 4. The summed E-state index contributed by atoms with van der Waals surface area (Å²) in [6.07, 6.45) is 4.27. The second kappa shape index (κ2) is 8.22. The molecule has 4 aromatic rings. The highest BCUT2D eigenvalue weighted by atomic mass is 16.1. The Morgan fingerprint density at radius 3 is 2.70 bits per heavy atom. The zero-order valence-electron chi connectivity index (χ0n) is 17.9. The molecule has 154 valence electrons. The number of hydrogen-bond donors (Lipinski definition) is 1. The second-order valence-corrected chi connectivity index (χ2v) is 8.17. The third-order valence-electron chi connectivity index (χ3n) is 5.31. The van der Waals surface area contributed by atoms with E-state index in [-0.39, 0.29) is 17.9 Å². The Labute approximate surface area is 176 Å². The van der Waals surface area contributed by atoms with Crippen LogP contribution in [0.2, 0.25) is 0 Å². The molecule has 4 rings (SSSR count). The molecular weight excluding hydrogens is 374 g/mol. The van der Waals surface area contributed by atoms with Gasteiger partial charge in [-0.05, 0) is 43.9 Å². The van der Waals surface area contributed by atoms with Gasteiger partial charge in [0.2, 0.25) is 0 Å². The van der Waals surface area contributed by atoms with Crippen LogP contribution in [-0.2, 0) is 6.42 Å². The van der Waals surface area contributed by atoms with Gasteiger partial charge in [0.25, 0.3) is 5.91 Å². The fraction of sp³-hybridized carbons (Fsp3) is 0.333. The molecule has 0 radical (unpaired) electrons. The van der Waals surface area contributed by atoms with Gasteiger partial charge < -0.3 is 5.32 Å². The number of carbonyl (C=O) groups excluding carboxylic acids is 1. The van der Waals surface area contributed by atoms with Crippen molar-refractivity contribution in [1.82, 2.24) is 25.1 Å². The SMILES string of the molecule is CC(C)c1cc(C(=O)NCCc2cccc3cccnc23)c2cnn(C(C)C)c2n1. The minimum atomic E-state index is -0.0965. The number of benzene rings is 1. The number of pyridine rings is 2. The average molecular weight is 402 g/mol. The van der Waals surface area contributed by atoms with Crippen LogP contribution in [0.25, 0.3) is 21.9 Å². The molecule has 0 atom stereocenters. The molecule has 0 saturated carbocycles. The summed E-state index contributed by atoms with van der Waals surface area (Å²) in [5.74, 6) is 0.124. The van der Waals surface area contributed by atoms with Crippen LogP contribution in [0.4, 0.5) is 0 Å². The Hall–Kier alpha value is -3.28. The zero-order valence-corrected chi connectivity index (χ0v) is 17.9. The highest BCUT2D eigenvalue weighted by Gasteiger charge is 2.18. The van der Waals surface area contributed by atoms with Crippen molar-refractivity contribution in [2.75, 3.05) is 6.54 Å². The van der Waals surface area contributed by atoms with Gasteiger partial charge in [-0.15, -0.1) is 0 Å². The molecule has 6 nitrogen and oxygen atoms in total. The van der Waals surface area contributed by atoms with Crippen LogP contribution in [0.15, 0.2) is 48.8 Å². The van der Waals surface area contributed by atoms with Gasteiger partial charge in [-0.3, -0.25) is 9.78 Å². The molecule has 1 amide bonds. The van der Waals surface area contributed by atoms with Crippen LogP contribution in [0.5, 0.6) is 0 Å². The summed E-state index contributed by atoms with van der Waals surface area (Å²) in [5, 5.41) is 9.44. The topological polar surface area (TPSA) is 72.7 Å². The summed E-state index contributed by atoms with van der Waals surface area (Å²) in [7, 11) is 0. The number of carbonyl (C=O) groups is 1. The minimum absolute atomic E-state index is 0.0965. The molecular formula is C24H27N5O. The maximum absolute atomic E-state index is 13.1. The lowest BCUT2D eigenvalue weighted by Crippen LogP contribution is -2.26. The summed E-state index contributed by atoms with van der Waals surface area (Å²) < 4.78 is 1.87. The molecule has 0 aliphatic rings. The fourth-order valence-electron chi connectivity index (χ4n) is 3.67. The molecule has 0 unspecified atom stereocenters. The van der Waals surface area contributed by atoms with E-state index in [4.69, 9.17) is 4.98 Å². The Morgan fingerprint density at radius 1 is 1.13 bits per heavy atom. The summed E-state index contributed by atoms with van der Waals surface area (Å²) >= 11 is 0. The first-order valence-electron chi connectivity index (χ1n) is 10.4. The van der Waals surface area contributed by atoms with E-state index in [9.17, 15) is 4.79 Å². The van der Waals surface area contributed by atoms with Crippen molar-refractivity contribution in [1.29, 1.82) is 0 Å². The van der Waals surface area contributed by atoms with Crippen LogP contribution in [-0.4, -0.2) is 32.2 Å². The van der Waals surface area contributed by atoms with E-state index in [1.165, 1.54) is 0 Å². The van der Waals surface area contributed by atoms with Crippen molar-refractivity contribution in [2.45, 2.75) is 46.1 Å². The van der Waals surface area contributed by atoms with Gasteiger partial charge in [-0.25, -0.2) is 9.67 Å². The Kier molecular flexibility index (Phi) is 5.48. The molecule has 3 aromatic heterocycles. The standard InChI is InChI=1S/C24H27N5O/c1-15(2)21-13-19(20-14-27-29(16(3)4)23(20)28-21)24(30)26-12-10-18-8-5-7-17-9-6-11-25-22(17)18/h5-9,11,13-16H,10,12H2,1-4H3,(H,26,30). The first-order chi connectivity index (χ1) is 14.5. The monoisotopic (exact) mass is 401 g/mol. The lowest BCUT2D eigenvalue weighted by atomic mass is 10.0. The van der Waals surface area contributed by atoms with E-state index < -0.39 is 0 Å². The fourth-order valence-corrected chi connectivity index (χ4v) is 3.67. The second-order valence-electron chi connectivity index (χ2n) is 8.17. The quantitative estimate of drug-likeness (QED) is 0.510. The van der Waals surface area contributed by atoms with E-state index in [2.05, 4.69) is 61.3 Å². The molecule has 0 fully saturated rings. The minimum Gasteiger partial charge on any atom is -0.352 e. The molecule has 1 N–H and O–H groups in total. The number of amides is 1. The van der Waals surface area contributed by atoms with Crippen molar-refractivity contribution in [2.24, 2.45) is 0 Å². The number of nitrogens with one attached hydrogen (secondary N) is 1. The Bertz CT molecular complexity index is 1200. The summed E-state index contributed by atoms with van der Waals surface area (Å²) in [6.45, 7) is 8.83. The van der Waals surface area contributed by atoms with Crippen molar-refractivity contribution in [3.63, 3.8) is 0 Å². The first kappa shape index (κ1) is 20.0. The van der Waals surface area contributed by atoms with Crippen LogP contribution in [0.3, 0.4) is 0 Å². The number of fused-ring (bicyclic) bond motifs is 2. The number of hydrogen-bond acceptors (Lipinski definition) is 4. The van der Waals surface area contributed by atoms with E-state index in [0.29, 0.717) is 12.1 Å². The van der Waals surface area contributed by atoms with E-state index >= 15 is 0 Å². The largest absolute Gasteiger partial charge is 0.352 e. The lowest BCUT2D eigenvalue weighted by molar-refractivity contribution is 0.0955. The van der Waals surface area contributed by atoms with Gasteiger partial charge >= 0.3 is 0 Å². The van der Waals surface area contributed by atoms with Gasteiger partial charge in [-0.1, -0.05) is 38.1 Å². The van der Waals surface area contributed by atoms with Crippen LogP contribution < -0.4 is 5.32 Å². The van der Waals surface area contributed by atoms with Crippen LogP contribution in [0, 0.1) is 0 Å².